The third kappa shape index (κ3) is 2.21. The second-order valence-corrected chi connectivity index (χ2v) is 5.64. The van der Waals surface area contributed by atoms with Gasteiger partial charge in [-0.25, -0.2) is 0 Å². The number of pyridine rings is 1. The maximum absolute atomic E-state index is 5.44. The van der Waals surface area contributed by atoms with Gasteiger partial charge in [0.1, 0.15) is 0 Å². The minimum Gasteiger partial charge on any atom is -0.444 e. The van der Waals surface area contributed by atoms with Gasteiger partial charge in [0.05, 0.1) is 5.52 Å². The van der Waals surface area contributed by atoms with E-state index in [0.717, 1.165) is 22.2 Å². The minimum absolute atomic E-state index is 0.347. The van der Waals surface area contributed by atoms with E-state index in [-0.39, 0.29) is 0 Å². The predicted molar refractivity (Wildman–Crippen MR) is 85.2 cm³/mol. The fraction of sp³-hybridized carbons (Fsp3) is 0.0625. The topological polar surface area (TPSA) is 65.0 Å². The Hall–Kier alpha value is -2.47. The smallest absolute Gasteiger partial charge is 0.293 e. The van der Waals surface area contributed by atoms with Gasteiger partial charge in [0.25, 0.3) is 5.89 Å². The minimum atomic E-state index is 0.347. The zero-order chi connectivity index (χ0) is 15.1. The molecule has 6 heteroatoms. The highest BCUT2D eigenvalue weighted by atomic mass is 79.9. The SMILES string of the molecule is Cc1cc(-c2noc(-c3ccc(Br)o3)n2)c2ccccc2n1. The lowest BCUT2D eigenvalue weighted by Gasteiger charge is -2.03. The molecular weight excluding hydrogens is 346 g/mol. The molecule has 0 saturated carbocycles. The number of rotatable bonds is 2. The summed E-state index contributed by atoms with van der Waals surface area (Å²) in [7, 11) is 0. The molecule has 0 N–H and O–H groups in total. The summed E-state index contributed by atoms with van der Waals surface area (Å²) in [6.07, 6.45) is 0. The van der Waals surface area contributed by atoms with Crippen molar-refractivity contribution < 1.29 is 8.94 Å². The van der Waals surface area contributed by atoms with E-state index in [1.54, 1.807) is 12.1 Å². The normalized spacial score (nSPS) is 11.2. The number of aromatic nitrogens is 3. The summed E-state index contributed by atoms with van der Waals surface area (Å²) >= 11 is 3.26. The van der Waals surface area contributed by atoms with E-state index in [1.165, 1.54) is 0 Å². The Kier molecular flexibility index (Phi) is 3.04. The molecule has 0 aliphatic carbocycles. The van der Waals surface area contributed by atoms with Gasteiger partial charge < -0.3 is 8.94 Å². The average Bonchev–Trinajstić information content (AvgIpc) is 3.15. The molecule has 0 saturated heterocycles. The summed E-state index contributed by atoms with van der Waals surface area (Å²) in [4.78, 5) is 8.95. The number of halogens is 1. The molecule has 4 rings (SSSR count). The van der Waals surface area contributed by atoms with Crippen molar-refractivity contribution >= 4 is 26.8 Å². The Morgan fingerprint density at radius 1 is 1.05 bits per heavy atom. The molecule has 3 heterocycles. The quantitative estimate of drug-likeness (QED) is 0.525. The van der Waals surface area contributed by atoms with Gasteiger partial charge in [0, 0.05) is 16.6 Å². The first kappa shape index (κ1) is 13.2. The maximum atomic E-state index is 5.44. The first-order chi connectivity index (χ1) is 10.7. The second-order valence-electron chi connectivity index (χ2n) is 4.86. The van der Waals surface area contributed by atoms with Crippen molar-refractivity contribution in [2.24, 2.45) is 0 Å². The fourth-order valence-electron chi connectivity index (χ4n) is 2.35. The summed E-state index contributed by atoms with van der Waals surface area (Å²) in [6, 6.07) is 13.4. The number of nitrogens with zero attached hydrogens (tertiary/aromatic N) is 3. The van der Waals surface area contributed by atoms with Crippen LogP contribution in [0.4, 0.5) is 0 Å². The number of fused-ring (bicyclic) bond motifs is 1. The van der Waals surface area contributed by atoms with Gasteiger partial charge >= 0.3 is 0 Å². The molecule has 4 aromatic rings. The number of aryl methyl sites for hydroxylation is 1. The van der Waals surface area contributed by atoms with Gasteiger partial charge in [0.15, 0.2) is 10.4 Å². The van der Waals surface area contributed by atoms with E-state index in [2.05, 4.69) is 31.1 Å². The van der Waals surface area contributed by atoms with Gasteiger partial charge in [-0.05, 0) is 47.1 Å². The third-order valence-electron chi connectivity index (χ3n) is 3.30. The Labute approximate surface area is 134 Å². The number of hydrogen-bond donors (Lipinski definition) is 0. The van der Waals surface area contributed by atoms with Crippen molar-refractivity contribution in [3.8, 4) is 23.0 Å². The van der Waals surface area contributed by atoms with Gasteiger partial charge in [-0.2, -0.15) is 4.98 Å². The molecule has 0 aliphatic rings. The largest absolute Gasteiger partial charge is 0.444 e. The van der Waals surface area contributed by atoms with Crippen LogP contribution >= 0.6 is 15.9 Å². The molecule has 0 bridgehead atoms. The predicted octanol–water partition coefficient (Wildman–Crippen LogP) is 4.62. The lowest BCUT2D eigenvalue weighted by molar-refractivity contribution is 0.414. The van der Waals surface area contributed by atoms with Crippen LogP contribution in [0.15, 0.2) is 56.1 Å². The van der Waals surface area contributed by atoms with Crippen LogP contribution in [-0.2, 0) is 0 Å². The van der Waals surface area contributed by atoms with Crippen molar-refractivity contribution in [3.63, 3.8) is 0 Å². The lowest BCUT2D eigenvalue weighted by atomic mass is 10.1. The molecule has 0 unspecified atom stereocenters. The summed E-state index contributed by atoms with van der Waals surface area (Å²) < 4.78 is 11.4. The van der Waals surface area contributed by atoms with Gasteiger partial charge in [-0.3, -0.25) is 4.98 Å². The van der Waals surface area contributed by atoms with Crippen molar-refractivity contribution in [3.05, 3.63) is 52.8 Å². The molecule has 1 aromatic carbocycles. The zero-order valence-corrected chi connectivity index (χ0v) is 13.2. The Morgan fingerprint density at radius 2 is 1.91 bits per heavy atom. The number of benzene rings is 1. The van der Waals surface area contributed by atoms with E-state index in [1.807, 2.05) is 37.3 Å². The summed E-state index contributed by atoms with van der Waals surface area (Å²) in [5, 5.41) is 5.06. The van der Waals surface area contributed by atoms with Crippen LogP contribution < -0.4 is 0 Å². The van der Waals surface area contributed by atoms with Crippen molar-refractivity contribution in [1.29, 1.82) is 0 Å². The monoisotopic (exact) mass is 355 g/mol. The van der Waals surface area contributed by atoms with Crippen molar-refractivity contribution in [2.45, 2.75) is 6.92 Å². The molecule has 0 radical (unpaired) electrons. The van der Waals surface area contributed by atoms with Gasteiger partial charge in [0.2, 0.25) is 5.82 Å². The Balaban J connectivity index is 1.88. The number of para-hydroxylation sites is 1. The molecule has 0 amide bonds. The summed E-state index contributed by atoms with van der Waals surface area (Å²) in [5.41, 5.74) is 2.70. The van der Waals surface area contributed by atoms with Crippen molar-refractivity contribution in [1.82, 2.24) is 15.1 Å². The molecule has 0 fully saturated rings. The molecule has 0 aliphatic heterocycles. The van der Waals surface area contributed by atoms with Gasteiger partial charge in [-0.1, -0.05) is 23.4 Å². The third-order valence-corrected chi connectivity index (χ3v) is 3.72. The summed E-state index contributed by atoms with van der Waals surface area (Å²) in [5.74, 6) is 1.39. The second kappa shape index (κ2) is 5.06. The highest BCUT2D eigenvalue weighted by molar-refractivity contribution is 9.10. The maximum Gasteiger partial charge on any atom is 0.293 e. The van der Waals surface area contributed by atoms with Crippen LogP contribution in [0.5, 0.6) is 0 Å². The van der Waals surface area contributed by atoms with Crippen LogP contribution in [0, 0.1) is 6.92 Å². The van der Waals surface area contributed by atoms with Gasteiger partial charge in [-0.15, -0.1) is 0 Å². The highest BCUT2D eigenvalue weighted by Gasteiger charge is 2.16. The molecule has 0 atom stereocenters. The highest BCUT2D eigenvalue weighted by Crippen LogP contribution is 2.29. The van der Waals surface area contributed by atoms with E-state index < -0.39 is 0 Å². The number of furan rings is 1. The summed E-state index contributed by atoms with van der Waals surface area (Å²) in [6.45, 7) is 1.95. The molecule has 3 aromatic heterocycles. The van der Waals surface area contributed by atoms with Crippen LogP contribution in [0.1, 0.15) is 5.69 Å². The molecule has 22 heavy (non-hydrogen) atoms. The van der Waals surface area contributed by atoms with Crippen molar-refractivity contribution in [2.75, 3.05) is 0 Å². The van der Waals surface area contributed by atoms with Crippen LogP contribution in [-0.4, -0.2) is 15.1 Å². The van der Waals surface area contributed by atoms with Crippen LogP contribution in [0.25, 0.3) is 33.9 Å². The lowest BCUT2D eigenvalue weighted by Crippen LogP contribution is -1.89. The standard InChI is InChI=1S/C16H10BrN3O2/c1-9-8-11(10-4-2-3-5-12(10)18-9)15-19-16(22-20-15)13-6-7-14(17)21-13/h2-8H,1H3. The first-order valence-electron chi connectivity index (χ1n) is 6.67. The molecule has 5 nitrogen and oxygen atoms in total. The Morgan fingerprint density at radius 3 is 2.73 bits per heavy atom. The van der Waals surface area contributed by atoms with E-state index >= 15 is 0 Å². The number of hydrogen-bond acceptors (Lipinski definition) is 5. The fourth-order valence-corrected chi connectivity index (χ4v) is 2.66. The Bertz CT molecular complexity index is 974. The van der Waals surface area contributed by atoms with E-state index in [9.17, 15) is 0 Å². The average molecular weight is 356 g/mol. The van der Waals surface area contributed by atoms with Crippen LogP contribution in [0.2, 0.25) is 0 Å². The molecule has 0 spiro atoms. The first-order valence-corrected chi connectivity index (χ1v) is 7.46. The molecular formula is C16H10BrN3O2. The van der Waals surface area contributed by atoms with Crippen LogP contribution in [0.3, 0.4) is 0 Å². The zero-order valence-electron chi connectivity index (χ0n) is 11.6. The van der Waals surface area contributed by atoms with E-state index in [0.29, 0.717) is 22.1 Å². The molecule has 108 valence electrons. The van der Waals surface area contributed by atoms with E-state index in [4.69, 9.17) is 8.94 Å².